The van der Waals surface area contributed by atoms with E-state index >= 15 is 0 Å². The minimum atomic E-state index is -0.602. The van der Waals surface area contributed by atoms with E-state index in [-0.39, 0.29) is 5.92 Å². The van der Waals surface area contributed by atoms with Crippen molar-refractivity contribution in [3.8, 4) is 0 Å². The summed E-state index contributed by atoms with van der Waals surface area (Å²) >= 11 is 0. The molecular formula is C11H20FN. The summed E-state index contributed by atoms with van der Waals surface area (Å²) in [5, 5.41) is 0. The van der Waals surface area contributed by atoms with Gasteiger partial charge in [-0.15, -0.1) is 0 Å². The Kier molecular flexibility index (Phi) is 4.43. The van der Waals surface area contributed by atoms with Crippen LogP contribution in [0, 0.1) is 5.92 Å². The maximum Gasteiger partial charge on any atom is 0.116 e. The second-order valence-corrected chi connectivity index (χ2v) is 3.92. The monoisotopic (exact) mass is 185 g/mol. The molecule has 76 valence electrons. The van der Waals surface area contributed by atoms with Gasteiger partial charge in [-0.25, -0.2) is 4.39 Å². The standard InChI is InChI=1S/C11H20FN/c1-3-4-5-6-7-13-8-10(2)11(12)9-13/h4-5,10-11H,3,6-9H2,1-2H3. The van der Waals surface area contributed by atoms with Crippen LogP contribution in [0.4, 0.5) is 4.39 Å². The Hall–Kier alpha value is -0.370. The van der Waals surface area contributed by atoms with E-state index in [9.17, 15) is 4.39 Å². The molecule has 13 heavy (non-hydrogen) atoms. The van der Waals surface area contributed by atoms with E-state index in [0.29, 0.717) is 6.54 Å². The Morgan fingerprint density at radius 3 is 2.69 bits per heavy atom. The Bertz CT molecular complexity index is 157. The Balaban J connectivity index is 2.13. The molecule has 0 N–H and O–H groups in total. The van der Waals surface area contributed by atoms with E-state index in [2.05, 4.69) is 24.0 Å². The molecular weight excluding hydrogens is 165 g/mol. The molecule has 0 aromatic rings. The minimum absolute atomic E-state index is 0.232. The largest absolute Gasteiger partial charge is 0.300 e. The van der Waals surface area contributed by atoms with Crippen LogP contribution in [0.25, 0.3) is 0 Å². The van der Waals surface area contributed by atoms with Crippen molar-refractivity contribution in [2.24, 2.45) is 5.92 Å². The van der Waals surface area contributed by atoms with Crippen LogP contribution in [-0.4, -0.2) is 30.7 Å². The van der Waals surface area contributed by atoms with Gasteiger partial charge in [0.25, 0.3) is 0 Å². The van der Waals surface area contributed by atoms with E-state index in [4.69, 9.17) is 0 Å². The van der Waals surface area contributed by atoms with Crippen LogP contribution >= 0.6 is 0 Å². The quantitative estimate of drug-likeness (QED) is 0.609. The third kappa shape index (κ3) is 3.47. The van der Waals surface area contributed by atoms with Gasteiger partial charge >= 0.3 is 0 Å². The molecule has 1 rings (SSSR count). The first-order valence-corrected chi connectivity index (χ1v) is 5.25. The topological polar surface area (TPSA) is 3.24 Å². The fourth-order valence-electron chi connectivity index (χ4n) is 1.75. The predicted molar refractivity (Wildman–Crippen MR) is 54.5 cm³/mol. The highest BCUT2D eigenvalue weighted by Gasteiger charge is 2.28. The van der Waals surface area contributed by atoms with Crippen molar-refractivity contribution in [3.63, 3.8) is 0 Å². The van der Waals surface area contributed by atoms with Crippen molar-refractivity contribution in [2.75, 3.05) is 19.6 Å². The molecule has 0 radical (unpaired) electrons. The fraction of sp³-hybridized carbons (Fsp3) is 0.818. The highest BCUT2D eigenvalue weighted by Crippen LogP contribution is 2.19. The van der Waals surface area contributed by atoms with E-state index in [1.54, 1.807) is 0 Å². The highest BCUT2D eigenvalue weighted by atomic mass is 19.1. The zero-order valence-electron chi connectivity index (χ0n) is 8.67. The third-order valence-corrected chi connectivity index (χ3v) is 2.61. The maximum atomic E-state index is 13.1. The van der Waals surface area contributed by atoms with Gasteiger partial charge in [-0.2, -0.15) is 0 Å². The van der Waals surface area contributed by atoms with Crippen molar-refractivity contribution in [2.45, 2.75) is 32.9 Å². The third-order valence-electron chi connectivity index (χ3n) is 2.61. The lowest BCUT2D eigenvalue weighted by atomic mass is 10.1. The van der Waals surface area contributed by atoms with Gasteiger partial charge in [0, 0.05) is 25.6 Å². The van der Waals surface area contributed by atoms with Crippen LogP contribution in [0.15, 0.2) is 12.2 Å². The molecule has 2 unspecified atom stereocenters. The summed E-state index contributed by atoms with van der Waals surface area (Å²) in [5.74, 6) is 0.232. The predicted octanol–water partition coefficient (Wildman–Crippen LogP) is 2.63. The zero-order valence-corrected chi connectivity index (χ0v) is 8.67. The molecule has 0 aromatic heterocycles. The van der Waals surface area contributed by atoms with Gasteiger partial charge < -0.3 is 0 Å². The number of rotatable bonds is 4. The Labute approximate surface area is 80.6 Å². The van der Waals surface area contributed by atoms with Gasteiger partial charge in [0.1, 0.15) is 6.17 Å². The van der Waals surface area contributed by atoms with E-state index in [1.165, 1.54) is 0 Å². The summed E-state index contributed by atoms with van der Waals surface area (Å²) in [7, 11) is 0. The van der Waals surface area contributed by atoms with Crippen LogP contribution in [0.5, 0.6) is 0 Å². The highest BCUT2D eigenvalue weighted by molar-refractivity contribution is 4.85. The molecule has 1 aliphatic heterocycles. The smallest absolute Gasteiger partial charge is 0.116 e. The number of alkyl halides is 1. The summed E-state index contributed by atoms with van der Waals surface area (Å²) in [6.07, 6.45) is 5.92. The molecule has 1 saturated heterocycles. The molecule has 0 amide bonds. The van der Waals surface area contributed by atoms with Crippen molar-refractivity contribution in [1.82, 2.24) is 4.90 Å². The minimum Gasteiger partial charge on any atom is -0.300 e. The van der Waals surface area contributed by atoms with Crippen LogP contribution < -0.4 is 0 Å². The average Bonchev–Trinajstić information content (AvgIpc) is 2.41. The molecule has 1 nitrogen and oxygen atoms in total. The summed E-state index contributed by atoms with van der Waals surface area (Å²) in [6.45, 7) is 6.71. The summed E-state index contributed by atoms with van der Waals surface area (Å²) in [4.78, 5) is 2.22. The molecule has 0 saturated carbocycles. The van der Waals surface area contributed by atoms with Gasteiger partial charge in [0.15, 0.2) is 0 Å². The van der Waals surface area contributed by atoms with Crippen molar-refractivity contribution in [3.05, 3.63) is 12.2 Å². The van der Waals surface area contributed by atoms with Gasteiger partial charge in [0.2, 0.25) is 0 Å². The van der Waals surface area contributed by atoms with E-state index in [0.717, 1.165) is 25.9 Å². The fourth-order valence-corrected chi connectivity index (χ4v) is 1.75. The lowest BCUT2D eigenvalue weighted by Gasteiger charge is -2.12. The normalized spacial score (nSPS) is 30.4. The van der Waals surface area contributed by atoms with Gasteiger partial charge in [-0.1, -0.05) is 26.0 Å². The number of halogens is 1. The number of hydrogen-bond donors (Lipinski definition) is 0. The summed E-state index contributed by atoms with van der Waals surface area (Å²) < 4.78 is 13.1. The van der Waals surface area contributed by atoms with Gasteiger partial charge in [-0.3, -0.25) is 4.90 Å². The van der Waals surface area contributed by atoms with Crippen molar-refractivity contribution in [1.29, 1.82) is 0 Å². The first-order valence-electron chi connectivity index (χ1n) is 5.25. The molecule has 0 spiro atoms. The van der Waals surface area contributed by atoms with Gasteiger partial charge in [-0.05, 0) is 12.8 Å². The van der Waals surface area contributed by atoms with E-state index < -0.39 is 6.17 Å². The maximum absolute atomic E-state index is 13.1. The molecule has 2 heteroatoms. The Morgan fingerprint density at radius 1 is 1.38 bits per heavy atom. The van der Waals surface area contributed by atoms with E-state index in [1.807, 2.05) is 6.92 Å². The zero-order chi connectivity index (χ0) is 9.68. The second kappa shape index (κ2) is 5.38. The average molecular weight is 185 g/mol. The van der Waals surface area contributed by atoms with Crippen LogP contribution in [0.1, 0.15) is 26.7 Å². The SMILES string of the molecule is CCC=CCCN1CC(C)C(F)C1. The molecule has 2 atom stereocenters. The lowest BCUT2D eigenvalue weighted by molar-refractivity contribution is 0.279. The van der Waals surface area contributed by atoms with Crippen molar-refractivity contribution >= 4 is 0 Å². The first kappa shape index (κ1) is 10.7. The number of hydrogen-bond acceptors (Lipinski definition) is 1. The summed E-state index contributed by atoms with van der Waals surface area (Å²) in [6, 6.07) is 0. The second-order valence-electron chi connectivity index (χ2n) is 3.92. The molecule has 1 heterocycles. The summed E-state index contributed by atoms with van der Waals surface area (Å²) in [5.41, 5.74) is 0. The van der Waals surface area contributed by atoms with Crippen LogP contribution in [0.3, 0.4) is 0 Å². The van der Waals surface area contributed by atoms with Crippen LogP contribution in [0.2, 0.25) is 0 Å². The molecule has 0 aromatic carbocycles. The van der Waals surface area contributed by atoms with Crippen molar-refractivity contribution < 1.29 is 4.39 Å². The molecule has 1 aliphatic rings. The van der Waals surface area contributed by atoms with Gasteiger partial charge in [0.05, 0.1) is 0 Å². The molecule has 1 fully saturated rings. The lowest BCUT2D eigenvalue weighted by Crippen LogP contribution is -2.21. The molecule has 0 bridgehead atoms. The number of likely N-dealkylation sites (tertiary alicyclic amines) is 1. The number of nitrogens with zero attached hydrogens (tertiary/aromatic N) is 1. The molecule has 0 aliphatic carbocycles. The first-order chi connectivity index (χ1) is 6.24. The number of allylic oxidation sites excluding steroid dienone is 1. The Morgan fingerprint density at radius 2 is 2.15 bits per heavy atom. The van der Waals surface area contributed by atoms with Crippen LogP contribution in [-0.2, 0) is 0 Å².